The first-order valence-electron chi connectivity index (χ1n) is 10.1. The molecule has 3 fully saturated rings. The maximum absolute atomic E-state index is 3.24. The topological polar surface area (TPSA) is 0 Å². The lowest BCUT2D eigenvalue weighted by Crippen LogP contribution is -2.60. The normalized spacial score (nSPS) is 27.3. The zero-order valence-corrected chi connectivity index (χ0v) is 22.9. The van der Waals surface area contributed by atoms with Crippen molar-refractivity contribution in [3.8, 4) is 0 Å². The molecular formula is C18H33I3Si2. The first-order chi connectivity index (χ1) is 11.1. The Morgan fingerprint density at radius 3 is 1.09 bits per heavy atom. The van der Waals surface area contributed by atoms with Crippen molar-refractivity contribution in [3.63, 3.8) is 0 Å². The van der Waals surface area contributed by atoms with Crippen molar-refractivity contribution in [3.05, 3.63) is 0 Å². The van der Waals surface area contributed by atoms with E-state index in [1.807, 2.05) is 0 Å². The van der Waals surface area contributed by atoms with Gasteiger partial charge in [0.15, 0.2) is 2.58 Å². The second-order valence-corrected chi connectivity index (χ2v) is 49.4. The Kier molecular flexibility index (Phi) is 8.15. The fraction of sp³-hybridized carbons (Fsp3) is 1.00. The molecule has 0 aliphatic heterocycles. The molecule has 3 saturated carbocycles. The molecule has 0 atom stereocenters. The van der Waals surface area contributed by atoms with Gasteiger partial charge in [0.05, 0.1) is 0 Å². The molecule has 0 heterocycles. The van der Waals surface area contributed by atoms with E-state index in [2.05, 4.69) is 65.4 Å². The van der Waals surface area contributed by atoms with Crippen LogP contribution in [0, 0.1) is 0 Å². The molecule has 3 aliphatic rings. The molecule has 134 valence electrons. The van der Waals surface area contributed by atoms with Crippen molar-refractivity contribution in [1.82, 2.24) is 0 Å². The third kappa shape index (κ3) is 4.38. The van der Waals surface area contributed by atoms with Crippen molar-refractivity contribution in [2.24, 2.45) is 0 Å². The molecule has 0 nitrogen and oxygen atoms in total. The molecule has 0 radical (unpaired) electrons. The van der Waals surface area contributed by atoms with E-state index < -0.39 is 7.67 Å². The smallest absolute Gasteiger partial charge is 0.120 e. The van der Waals surface area contributed by atoms with E-state index in [0.29, 0.717) is 0 Å². The third-order valence-corrected chi connectivity index (χ3v) is 72.8. The minimum atomic E-state index is -1.18. The molecule has 5 heteroatoms. The van der Waals surface area contributed by atoms with Gasteiger partial charge in [-0.3, -0.25) is 0 Å². The monoisotopic (exact) mass is 686 g/mol. The Balaban J connectivity index is 1.88. The van der Waals surface area contributed by atoms with E-state index >= 15 is 0 Å². The van der Waals surface area contributed by atoms with E-state index in [1.165, 1.54) is 30.3 Å². The minimum Gasteiger partial charge on any atom is -0.120 e. The summed E-state index contributed by atoms with van der Waals surface area (Å²) in [4.78, 5) is 0. The van der Waals surface area contributed by atoms with Gasteiger partial charge in [0, 0.05) is 0 Å². The summed E-state index contributed by atoms with van der Waals surface area (Å²) in [5.41, 5.74) is 3.52. The first kappa shape index (κ1) is 20.4. The van der Waals surface area contributed by atoms with Gasteiger partial charge in [-0.15, -0.1) is 65.4 Å². The number of hydrogen-bond acceptors (Lipinski definition) is 0. The highest BCUT2D eigenvalue weighted by molar-refractivity contribution is 14.3. The molecule has 0 saturated heterocycles. The van der Waals surface area contributed by atoms with Gasteiger partial charge in [-0.2, -0.15) is 0 Å². The quantitative estimate of drug-likeness (QED) is 0.158. The first-order valence-corrected chi connectivity index (χ1v) is 24.7. The lowest BCUT2D eigenvalue weighted by molar-refractivity contribution is 0.463. The average molecular weight is 686 g/mol. The van der Waals surface area contributed by atoms with E-state index in [1.54, 1.807) is 77.0 Å². The third-order valence-electron chi connectivity index (χ3n) is 7.03. The van der Waals surface area contributed by atoms with Crippen LogP contribution >= 0.6 is 65.4 Å². The van der Waals surface area contributed by atoms with E-state index in [-0.39, 0.29) is 0 Å². The number of rotatable bonds is 4. The summed E-state index contributed by atoms with van der Waals surface area (Å²) in [6, 6.07) is 0. The van der Waals surface area contributed by atoms with E-state index in [0.717, 1.165) is 5.54 Å². The minimum absolute atomic E-state index is 1.16. The number of hydrogen-bond donors (Lipinski definition) is 0. The Morgan fingerprint density at radius 2 is 0.739 bits per heavy atom. The van der Waals surface area contributed by atoms with Crippen molar-refractivity contribution in [2.45, 2.75) is 113 Å². The fourth-order valence-corrected chi connectivity index (χ4v) is 46.7. The van der Waals surface area contributed by atoms with Gasteiger partial charge >= 0.3 is 0 Å². The van der Waals surface area contributed by atoms with Gasteiger partial charge in [0.2, 0.25) is 0 Å². The second-order valence-electron chi connectivity index (χ2n) is 8.40. The molecule has 0 spiro atoms. The van der Waals surface area contributed by atoms with Crippen molar-refractivity contribution >= 4 is 73.1 Å². The Labute approximate surface area is 183 Å². The standard InChI is InChI=1S/C18H33I3Si2/c19-22(16-10-4-1-5-11-16,17-12-6-2-7-13-17)23(20,21)18-14-8-3-9-15-18/h16-18H,1-15H2. The van der Waals surface area contributed by atoms with Crippen molar-refractivity contribution in [2.75, 3.05) is 0 Å². The van der Waals surface area contributed by atoms with Crippen LogP contribution in [0.15, 0.2) is 0 Å². The van der Waals surface area contributed by atoms with Crippen molar-refractivity contribution in [1.29, 1.82) is 0 Å². The Bertz CT molecular complexity index is 352. The summed E-state index contributed by atoms with van der Waals surface area (Å²) in [6.45, 7) is 0. The fourth-order valence-electron chi connectivity index (χ4n) is 5.70. The summed E-state index contributed by atoms with van der Waals surface area (Å²) in [5.74, 6) is 0. The van der Waals surface area contributed by atoms with Gasteiger partial charge in [0.25, 0.3) is 0 Å². The predicted octanol–water partition coefficient (Wildman–Crippen LogP) is 8.76. The molecular weight excluding hydrogens is 653 g/mol. The zero-order valence-electron chi connectivity index (χ0n) is 14.5. The van der Waals surface area contributed by atoms with Gasteiger partial charge in [-0.25, -0.2) is 0 Å². The molecule has 0 unspecified atom stereocenters. The van der Waals surface area contributed by atoms with Crippen LogP contribution in [-0.2, 0) is 0 Å². The van der Waals surface area contributed by atoms with Crippen LogP contribution in [0.5, 0.6) is 0 Å². The second kappa shape index (κ2) is 9.21. The molecule has 3 rings (SSSR count). The highest BCUT2D eigenvalue weighted by Crippen LogP contribution is 2.63. The van der Waals surface area contributed by atoms with Gasteiger partial charge in [0.1, 0.15) is 5.09 Å². The molecule has 0 amide bonds. The van der Waals surface area contributed by atoms with E-state index in [9.17, 15) is 0 Å². The molecule has 3 aliphatic carbocycles. The summed E-state index contributed by atoms with van der Waals surface area (Å²) in [5, 5.41) is -1.18. The van der Waals surface area contributed by atoms with Crippen LogP contribution in [0.2, 0.25) is 16.6 Å². The molecule has 0 aromatic heterocycles. The lowest BCUT2D eigenvalue weighted by Gasteiger charge is -2.52. The average Bonchev–Trinajstić information content (AvgIpc) is 2.63. The summed E-state index contributed by atoms with van der Waals surface area (Å²) in [7, 11) is 0. The molecule has 0 aromatic rings. The van der Waals surface area contributed by atoms with Crippen LogP contribution in [0.1, 0.15) is 96.3 Å². The maximum Gasteiger partial charge on any atom is 0.197 e. The summed E-state index contributed by atoms with van der Waals surface area (Å²) in [6.07, 6.45) is 23.5. The van der Waals surface area contributed by atoms with Crippen LogP contribution < -0.4 is 0 Å². The highest BCUT2D eigenvalue weighted by atomic mass is 127. The molecule has 0 N–H and O–H groups in total. The molecule has 0 aromatic carbocycles. The highest BCUT2D eigenvalue weighted by Gasteiger charge is 2.62. The summed E-state index contributed by atoms with van der Waals surface area (Å²) < 4.78 is -1.17. The van der Waals surface area contributed by atoms with Crippen LogP contribution in [0.3, 0.4) is 0 Å². The molecule has 23 heavy (non-hydrogen) atoms. The van der Waals surface area contributed by atoms with Gasteiger partial charge in [-0.1, -0.05) is 96.3 Å². The Morgan fingerprint density at radius 1 is 0.435 bits per heavy atom. The van der Waals surface area contributed by atoms with E-state index in [4.69, 9.17) is 0 Å². The van der Waals surface area contributed by atoms with Gasteiger partial charge in [-0.05, 0) is 16.6 Å². The van der Waals surface area contributed by atoms with Crippen molar-refractivity contribution < 1.29 is 0 Å². The van der Waals surface area contributed by atoms with Crippen LogP contribution in [0.4, 0.5) is 0 Å². The van der Waals surface area contributed by atoms with Gasteiger partial charge < -0.3 is 0 Å². The van der Waals surface area contributed by atoms with Crippen LogP contribution in [-0.4, -0.2) is 7.67 Å². The molecule has 0 bridgehead atoms. The zero-order chi connectivity index (χ0) is 16.3. The Hall–Kier alpha value is 2.62. The number of halogens is 3. The largest absolute Gasteiger partial charge is 0.197 e. The SMILES string of the molecule is I[Si](I)(C1CCCCC1)[Si](I)(C1CCCCC1)C1CCCCC1. The predicted molar refractivity (Wildman–Crippen MR) is 134 cm³/mol. The lowest BCUT2D eigenvalue weighted by atomic mass is 9.99. The summed E-state index contributed by atoms with van der Waals surface area (Å²) >= 11 is 9.56. The van der Waals surface area contributed by atoms with Crippen LogP contribution in [0.25, 0.3) is 0 Å². The maximum atomic E-state index is 3.24.